The van der Waals surface area contributed by atoms with Crippen LogP contribution in [0, 0.1) is 47.3 Å². The van der Waals surface area contributed by atoms with Crippen LogP contribution in [0.25, 0.3) is 0 Å². The third-order valence-electron chi connectivity index (χ3n) is 0. The molecule has 0 spiro atoms. The first-order valence-electron chi connectivity index (χ1n) is 0.894. The molecule has 0 aliphatic heterocycles. The van der Waals surface area contributed by atoms with Crippen molar-refractivity contribution in [3.8, 4) is 0 Å². The fraction of sp³-hybridized carbons (Fsp3) is 0. The monoisotopic (exact) mass is 169 g/mol. The van der Waals surface area contributed by atoms with E-state index in [1.165, 1.54) is 0 Å². The van der Waals surface area contributed by atoms with Crippen molar-refractivity contribution in [3.63, 3.8) is 0 Å². The van der Waals surface area contributed by atoms with Crippen LogP contribution in [0.2, 0.25) is 0 Å². The van der Waals surface area contributed by atoms with Crippen LogP contribution in [0.5, 0.6) is 0 Å². The van der Waals surface area contributed by atoms with E-state index in [0.29, 0.717) is 0 Å². The zero-order chi connectivity index (χ0) is 8.00. The van der Waals surface area contributed by atoms with Crippen molar-refractivity contribution in [3.05, 3.63) is 26.3 Å². The Hall–Kier alpha value is -0.949. The third-order valence-corrected chi connectivity index (χ3v) is 0. The van der Waals surface area contributed by atoms with Gasteiger partial charge in [0.1, 0.15) is 0 Å². The van der Waals surface area contributed by atoms with Gasteiger partial charge in [0.15, 0.2) is 0 Å². The molecule has 0 unspecified atom stereocenters. The minimum absolute atomic E-state index is 0. The van der Waals surface area contributed by atoms with Crippen molar-refractivity contribution in [1.82, 2.24) is 0 Å². The number of rotatable bonds is 0. The molecule has 0 N–H and O–H groups in total. The summed E-state index contributed by atoms with van der Waals surface area (Å²) in [6.45, 7) is 19.0. The molecule has 51 valence electrons. The summed E-state index contributed by atoms with van der Waals surface area (Å²) in [7, 11) is 0. The topological polar surface area (TPSA) is 95.2 Å². The molecule has 0 fully saturated rings. The van der Waals surface area contributed by atoms with Crippen molar-refractivity contribution >= 4 is 18.9 Å². The van der Waals surface area contributed by atoms with Gasteiger partial charge in [-0.1, -0.05) is 0 Å². The zero-order valence-corrected chi connectivity index (χ0v) is 6.09. The molecule has 6 heteroatoms. The number of hydrogen-bond acceptors (Lipinski definition) is 4. The van der Waals surface area contributed by atoms with Gasteiger partial charge < -0.3 is 47.3 Å². The van der Waals surface area contributed by atoms with Crippen LogP contribution in [0.1, 0.15) is 0 Å². The molecule has 1 radical (unpaired) electrons. The molecule has 0 rings (SSSR count). The Morgan fingerprint density at radius 1 is 0.500 bits per heavy atom. The maximum absolute atomic E-state index is 6.25. The summed E-state index contributed by atoms with van der Waals surface area (Å²) >= 11 is 0. The largest absolute Gasteiger partial charge is 0.512 e. The summed E-state index contributed by atoms with van der Waals surface area (Å²) in [5.41, 5.74) is 0. The SMILES string of the molecule is [C-]#N.[C-]#N.[C-]#N.[C-]#N.[Li].[Ni]. The molecule has 0 bridgehead atoms. The first-order valence-corrected chi connectivity index (χ1v) is 0.894. The molecule has 0 atom stereocenters. The molecular weight excluding hydrogens is 170 g/mol. The summed E-state index contributed by atoms with van der Waals surface area (Å²) < 4.78 is 0. The summed E-state index contributed by atoms with van der Waals surface area (Å²) in [5, 5.41) is 25.0. The molecule has 0 heterocycles. The van der Waals surface area contributed by atoms with Gasteiger partial charge in [0.25, 0.3) is 0 Å². The maximum atomic E-state index is 6.25. The van der Waals surface area contributed by atoms with Gasteiger partial charge in [-0.3, -0.25) is 0 Å². The van der Waals surface area contributed by atoms with Gasteiger partial charge in [0, 0.05) is 35.4 Å². The summed E-state index contributed by atoms with van der Waals surface area (Å²) in [6, 6.07) is 0. The predicted octanol–water partition coefficient (Wildman–Crippen LogP) is 0.00218. The van der Waals surface area contributed by atoms with Gasteiger partial charge in [-0.25, -0.2) is 0 Å². The third kappa shape index (κ3) is 287. The average Bonchev–Trinajstić information content (AvgIpc) is 2.03. The van der Waals surface area contributed by atoms with Gasteiger partial charge in [-0.15, -0.1) is 0 Å². The van der Waals surface area contributed by atoms with Crippen molar-refractivity contribution < 1.29 is 16.5 Å². The first-order chi connectivity index (χ1) is 4.00. The summed E-state index contributed by atoms with van der Waals surface area (Å²) in [6.07, 6.45) is 0. The Morgan fingerprint density at radius 3 is 0.500 bits per heavy atom. The fourth-order valence-corrected chi connectivity index (χ4v) is 0. The number of hydrogen-bond donors (Lipinski definition) is 0. The molecule has 0 aromatic rings. The van der Waals surface area contributed by atoms with E-state index in [0.717, 1.165) is 0 Å². The van der Waals surface area contributed by atoms with E-state index in [1.807, 2.05) is 0 Å². The molecule has 4 nitrogen and oxygen atoms in total. The zero-order valence-electron chi connectivity index (χ0n) is 5.11. The maximum Gasteiger partial charge on any atom is 0 e. The Balaban J connectivity index is -0.00000000500. The van der Waals surface area contributed by atoms with E-state index in [2.05, 4.69) is 0 Å². The van der Waals surface area contributed by atoms with Gasteiger partial charge in [-0.2, -0.15) is 0 Å². The minimum Gasteiger partial charge on any atom is -0.512 e. The van der Waals surface area contributed by atoms with E-state index >= 15 is 0 Å². The van der Waals surface area contributed by atoms with Crippen molar-refractivity contribution in [2.24, 2.45) is 0 Å². The first kappa shape index (κ1) is 63.0. The van der Waals surface area contributed by atoms with Crippen LogP contribution in [-0.4, -0.2) is 18.9 Å². The molecule has 0 saturated carbocycles. The van der Waals surface area contributed by atoms with Crippen LogP contribution in [0.4, 0.5) is 0 Å². The molecule has 0 amide bonds. The second-order valence-electron chi connectivity index (χ2n) is 0. The van der Waals surface area contributed by atoms with Crippen LogP contribution in [0.15, 0.2) is 0 Å². The second kappa shape index (κ2) is 444. The van der Waals surface area contributed by atoms with Gasteiger partial charge >= 0.3 is 0 Å². The number of nitrogens with zero attached hydrogens (tertiary/aromatic N) is 4. The van der Waals surface area contributed by atoms with Crippen LogP contribution < -0.4 is 0 Å². The molecule has 0 aliphatic rings. The normalized spacial score (nSPS) is 0.800. The van der Waals surface area contributed by atoms with Crippen molar-refractivity contribution in [1.29, 1.82) is 21.0 Å². The van der Waals surface area contributed by atoms with E-state index in [9.17, 15) is 0 Å². The molecule has 0 aromatic carbocycles. The van der Waals surface area contributed by atoms with Crippen LogP contribution in [-0.2, 0) is 16.5 Å². The standard InChI is InChI=1S/4CN.Li.Ni/c4*1-2;;/q4*-1;;. The van der Waals surface area contributed by atoms with Gasteiger partial charge in [0.05, 0.1) is 0 Å². The van der Waals surface area contributed by atoms with E-state index in [4.69, 9.17) is 47.3 Å². The quantitative estimate of drug-likeness (QED) is 0.377. The Kier molecular flexibility index (Phi) is 2800. The molecule has 10 heavy (non-hydrogen) atoms. The van der Waals surface area contributed by atoms with Crippen molar-refractivity contribution in [2.75, 3.05) is 0 Å². The average molecular weight is 170 g/mol. The predicted molar refractivity (Wildman–Crippen MR) is 25.6 cm³/mol. The molecular formula is C4LiN4Ni-4. The Bertz CT molecular complexity index is 60.2. The van der Waals surface area contributed by atoms with Crippen molar-refractivity contribution in [2.45, 2.75) is 0 Å². The molecule has 0 aliphatic carbocycles. The second-order valence-corrected chi connectivity index (χ2v) is 0. The molecule has 0 aromatic heterocycles. The summed E-state index contributed by atoms with van der Waals surface area (Å²) in [4.78, 5) is 0. The smallest absolute Gasteiger partial charge is 0 e. The fourth-order valence-electron chi connectivity index (χ4n) is 0. The van der Waals surface area contributed by atoms with Crippen LogP contribution in [0.3, 0.4) is 0 Å². The minimum atomic E-state index is 0. The summed E-state index contributed by atoms with van der Waals surface area (Å²) in [5.74, 6) is 0. The Morgan fingerprint density at radius 2 is 0.500 bits per heavy atom. The Labute approximate surface area is 82.8 Å². The van der Waals surface area contributed by atoms with E-state index in [-0.39, 0.29) is 35.4 Å². The van der Waals surface area contributed by atoms with Gasteiger partial charge in [-0.05, 0) is 0 Å². The van der Waals surface area contributed by atoms with Crippen LogP contribution >= 0.6 is 0 Å². The molecule has 0 saturated heterocycles. The van der Waals surface area contributed by atoms with E-state index in [1.54, 1.807) is 0 Å². The van der Waals surface area contributed by atoms with Gasteiger partial charge in [0.2, 0.25) is 0 Å². The van der Waals surface area contributed by atoms with E-state index < -0.39 is 0 Å².